The first-order valence-electron chi connectivity index (χ1n) is 15.9. The van der Waals surface area contributed by atoms with Gasteiger partial charge < -0.3 is 29.3 Å². The summed E-state index contributed by atoms with van der Waals surface area (Å²) in [6.07, 6.45) is 8.39. The topological polar surface area (TPSA) is 117 Å². The number of likely N-dealkylation sites (tertiary alicyclic amines) is 1. The van der Waals surface area contributed by atoms with Crippen LogP contribution in [-0.4, -0.2) is 100 Å². The van der Waals surface area contributed by atoms with Crippen LogP contribution in [0.1, 0.15) is 64.5 Å². The number of cyclic esters (lactones) is 1. The zero-order valence-electron chi connectivity index (χ0n) is 26.1. The number of rotatable bonds is 7. The van der Waals surface area contributed by atoms with E-state index in [1.165, 1.54) is 4.90 Å². The molecule has 0 unspecified atom stereocenters. The number of esters is 1. The van der Waals surface area contributed by atoms with Gasteiger partial charge in [0.1, 0.15) is 23.7 Å². The molecule has 10 heteroatoms. The molecule has 238 valence electrons. The summed E-state index contributed by atoms with van der Waals surface area (Å²) in [7, 11) is 1.71. The Bertz CT molecular complexity index is 1290. The van der Waals surface area contributed by atoms with Gasteiger partial charge in [-0.15, -0.1) is 0 Å². The lowest BCUT2D eigenvalue weighted by Crippen LogP contribution is -2.58. The van der Waals surface area contributed by atoms with Crippen LogP contribution in [0.2, 0.25) is 0 Å². The second kappa shape index (κ2) is 13.2. The fraction of sp³-hybridized carbons (Fsp3) is 0.588. The highest BCUT2D eigenvalue weighted by Crippen LogP contribution is 2.54. The quantitative estimate of drug-likeness (QED) is 0.374. The molecule has 0 aromatic heterocycles. The monoisotopic (exact) mass is 607 g/mol. The Morgan fingerprint density at radius 3 is 2.50 bits per heavy atom. The van der Waals surface area contributed by atoms with E-state index < -0.39 is 59.6 Å². The number of likely N-dealkylation sites (N-methyl/N-ethyl adjacent to an activating group) is 1. The number of nitrogens with zero attached hydrogens (tertiary/aromatic N) is 3. The van der Waals surface area contributed by atoms with E-state index in [9.17, 15) is 24.3 Å². The third kappa shape index (κ3) is 5.47. The van der Waals surface area contributed by atoms with Crippen LogP contribution in [-0.2, 0) is 28.7 Å². The van der Waals surface area contributed by atoms with Crippen LogP contribution < -0.4 is 0 Å². The van der Waals surface area contributed by atoms with Crippen molar-refractivity contribution in [2.75, 3.05) is 26.7 Å². The third-order valence-electron chi connectivity index (χ3n) is 9.81. The van der Waals surface area contributed by atoms with E-state index >= 15 is 0 Å². The molecule has 0 aliphatic carbocycles. The van der Waals surface area contributed by atoms with Gasteiger partial charge in [0.15, 0.2) is 0 Å². The number of ether oxygens (including phenoxy) is 2. The van der Waals surface area contributed by atoms with Gasteiger partial charge in [-0.3, -0.25) is 19.2 Å². The zero-order chi connectivity index (χ0) is 31.6. The van der Waals surface area contributed by atoms with E-state index in [1.54, 1.807) is 29.0 Å². The van der Waals surface area contributed by atoms with Crippen molar-refractivity contribution in [3.63, 3.8) is 0 Å². The molecule has 4 aliphatic heterocycles. The average molecular weight is 608 g/mol. The van der Waals surface area contributed by atoms with E-state index in [1.807, 2.05) is 56.3 Å². The SMILES string of the molecule is CCCCN1CC=C[C@@]23O[C@H]4/C=C\CCC(=O)N(C)[C@@H](C)[C@H](c5ccccc5)OC(=O)[C@H]4[C@@H]2C(=O)N([C@@H](CC)CO)[C@H]3C1=O. The molecule has 10 nitrogen and oxygen atoms in total. The fourth-order valence-corrected chi connectivity index (χ4v) is 7.23. The van der Waals surface area contributed by atoms with Crippen LogP contribution in [0.3, 0.4) is 0 Å². The Labute approximate surface area is 259 Å². The molecular weight excluding hydrogens is 562 g/mol. The summed E-state index contributed by atoms with van der Waals surface area (Å²) >= 11 is 0. The van der Waals surface area contributed by atoms with Crippen LogP contribution in [0, 0.1) is 11.8 Å². The third-order valence-corrected chi connectivity index (χ3v) is 9.81. The molecule has 2 saturated heterocycles. The molecule has 1 aromatic carbocycles. The molecule has 2 fully saturated rings. The Balaban J connectivity index is 1.62. The summed E-state index contributed by atoms with van der Waals surface area (Å²) in [6.45, 7) is 6.34. The van der Waals surface area contributed by atoms with Crippen molar-refractivity contribution in [1.82, 2.24) is 14.7 Å². The number of carbonyl (C=O) groups is 4. The molecule has 3 amide bonds. The molecule has 0 radical (unpaired) electrons. The van der Waals surface area contributed by atoms with Crippen LogP contribution in [0.25, 0.3) is 0 Å². The maximum atomic E-state index is 14.5. The van der Waals surface area contributed by atoms with Gasteiger partial charge in [0.25, 0.3) is 0 Å². The number of aliphatic hydroxyl groups is 1. The first-order valence-corrected chi connectivity index (χ1v) is 15.9. The highest BCUT2D eigenvalue weighted by Gasteiger charge is 2.72. The van der Waals surface area contributed by atoms with Crippen LogP contribution in [0.15, 0.2) is 54.6 Å². The Morgan fingerprint density at radius 1 is 1.07 bits per heavy atom. The Kier molecular flexibility index (Phi) is 9.60. The number of carbonyl (C=O) groups excluding carboxylic acids is 4. The molecular formula is C34H45N3O7. The highest BCUT2D eigenvalue weighted by atomic mass is 16.6. The summed E-state index contributed by atoms with van der Waals surface area (Å²) < 4.78 is 13.0. The second-order valence-corrected chi connectivity index (χ2v) is 12.4. The van der Waals surface area contributed by atoms with Crippen LogP contribution in [0.5, 0.6) is 0 Å². The van der Waals surface area contributed by atoms with Gasteiger partial charge in [0.05, 0.1) is 30.7 Å². The number of hydrogen-bond donors (Lipinski definition) is 1. The van der Waals surface area contributed by atoms with E-state index in [4.69, 9.17) is 9.47 Å². The maximum Gasteiger partial charge on any atom is 0.313 e. The molecule has 4 heterocycles. The highest BCUT2D eigenvalue weighted by molar-refractivity contribution is 5.99. The molecule has 1 N–H and O–H groups in total. The minimum atomic E-state index is -1.42. The van der Waals surface area contributed by atoms with Crippen molar-refractivity contribution >= 4 is 23.7 Å². The molecule has 0 bridgehead atoms. The van der Waals surface area contributed by atoms with Gasteiger partial charge in [-0.1, -0.05) is 74.9 Å². The number of aliphatic hydroxyl groups excluding tert-OH is 1. The van der Waals surface area contributed by atoms with Gasteiger partial charge in [0.2, 0.25) is 17.7 Å². The summed E-state index contributed by atoms with van der Waals surface area (Å²) in [5.41, 5.74) is -0.692. The minimum Gasteiger partial charge on any atom is -0.455 e. The van der Waals surface area contributed by atoms with E-state index in [0.29, 0.717) is 25.9 Å². The predicted octanol–water partition coefficient (Wildman–Crippen LogP) is 3.02. The van der Waals surface area contributed by atoms with Crippen molar-refractivity contribution in [2.45, 2.75) is 88.8 Å². The molecule has 8 atom stereocenters. The number of unbranched alkanes of at least 4 members (excludes halogenated alkanes) is 1. The fourth-order valence-electron chi connectivity index (χ4n) is 7.23. The molecule has 4 aliphatic rings. The standard InChI is InChI=1S/C34H45N3O7/c1-5-7-19-36-20-13-18-34-28(31(40)37(24(6-2)21-38)30(34)32(36)41)27-25(44-34)16-11-12-17-26(39)35(4)22(3)29(43-33(27)42)23-14-9-8-10-15-23/h8-11,13-16,18,22,24-25,27-30,38H,5-7,12,17,19-21H2,1-4H3/b16-11-/t22-,24-,25-,27+,28+,29+,30-,34+/m0/s1. The van der Waals surface area contributed by atoms with Crippen molar-refractivity contribution < 1.29 is 33.8 Å². The average Bonchev–Trinajstić information content (AvgIpc) is 3.42. The van der Waals surface area contributed by atoms with E-state index in [-0.39, 0.29) is 24.8 Å². The number of benzene rings is 1. The van der Waals surface area contributed by atoms with Gasteiger partial charge in [-0.25, -0.2) is 0 Å². The smallest absolute Gasteiger partial charge is 0.313 e. The normalized spacial score (nSPS) is 34.0. The van der Waals surface area contributed by atoms with Crippen molar-refractivity contribution in [2.24, 2.45) is 11.8 Å². The first kappa shape index (κ1) is 31.9. The second-order valence-electron chi connectivity index (χ2n) is 12.4. The number of fused-ring (bicyclic) bond motifs is 2. The molecule has 5 rings (SSSR count). The van der Waals surface area contributed by atoms with Crippen molar-refractivity contribution in [1.29, 1.82) is 0 Å². The molecule has 44 heavy (non-hydrogen) atoms. The van der Waals surface area contributed by atoms with Gasteiger partial charge in [-0.2, -0.15) is 0 Å². The number of amides is 3. The van der Waals surface area contributed by atoms with Gasteiger partial charge >= 0.3 is 5.97 Å². The van der Waals surface area contributed by atoms with Crippen LogP contribution in [0.4, 0.5) is 0 Å². The largest absolute Gasteiger partial charge is 0.455 e. The molecule has 1 aromatic rings. The summed E-state index contributed by atoms with van der Waals surface area (Å²) in [6, 6.07) is 7.14. The zero-order valence-corrected chi connectivity index (χ0v) is 26.1. The lowest BCUT2D eigenvalue weighted by molar-refractivity contribution is -0.164. The minimum absolute atomic E-state index is 0.0796. The summed E-state index contributed by atoms with van der Waals surface area (Å²) in [4.78, 5) is 61.1. The van der Waals surface area contributed by atoms with Crippen molar-refractivity contribution in [3.8, 4) is 0 Å². The number of hydrogen-bond acceptors (Lipinski definition) is 7. The molecule has 1 spiro atoms. The van der Waals surface area contributed by atoms with Gasteiger partial charge in [-0.05, 0) is 31.7 Å². The summed E-state index contributed by atoms with van der Waals surface area (Å²) in [5, 5.41) is 10.3. The van der Waals surface area contributed by atoms with E-state index in [0.717, 1.165) is 18.4 Å². The Hall–Kier alpha value is -3.50. The number of allylic oxidation sites excluding steroid dienone is 1. The maximum absolute atomic E-state index is 14.5. The Morgan fingerprint density at radius 2 is 1.82 bits per heavy atom. The molecule has 0 saturated carbocycles. The summed E-state index contributed by atoms with van der Waals surface area (Å²) in [5.74, 6) is -3.42. The van der Waals surface area contributed by atoms with E-state index in [2.05, 4.69) is 6.92 Å². The lowest BCUT2D eigenvalue weighted by Gasteiger charge is -2.38. The van der Waals surface area contributed by atoms with Crippen LogP contribution >= 0.6 is 0 Å². The predicted molar refractivity (Wildman–Crippen MR) is 163 cm³/mol. The van der Waals surface area contributed by atoms with Crippen molar-refractivity contribution in [3.05, 3.63) is 60.2 Å². The lowest BCUT2D eigenvalue weighted by atomic mass is 9.77. The van der Waals surface area contributed by atoms with Gasteiger partial charge in [0, 0.05) is 26.6 Å². The first-order chi connectivity index (χ1) is 21.2.